The molecule has 0 atom stereocenters. The quantitative estimate of drug-likeness (QED) is 0.776. The Bertz CT molecular complexity index is 418. The molecule has 0 aliphatic carbocycles. The van der Waals surface area contributed by atoms with Crippen molar-refractivity contribution >= 4 is 5.78 Å². The van der Waals surface area contributed by atoms with Gasteiger partial charge in [-0.3, -0.25) is 4.79 Å². The molecule has 0 spiro atoms. The number of nitrogens with one attached hydrogen (secondary N) is 1. The highest BCUT2D eigenvalue weighted by molar-refractivity contribution is 5.97. The molecule has 2 rings (SSSR count). The minimum Gasteiger partial charge on any atom is -0.361 e. The van der Waals surface area contributed by atoms with Crippen molar-refractivity contribution in [1.82, 2.24) is 9.88 Å². The number of carbonyl (C=O) groups is 1. The van der Waals surface area contributed by atoms with E-state index >= 15 is 0 Å². The average molecular weight is 220 g/mol. The van der Waals surface area contributed by atoms with Gasteiger partial charge in [0.25, 0.3) is 0 Å². The standard InChI is InChI=1S/C13H20N2O/c1-8(2)13-12(9(3)16)10-7-15(4)6-5-11(10)14-13/h8,14H,5-7H2,1-4H3. The summed E-state index contributed by atoms with van der Waals surface area (Å²) in [5, 5.41) is 0. The fraction of sp³-hybridized carbons (Fsp3) is 0.615. The number of fused-ring (bicyclic) bond motifs is 1. The van der Waals surface area contributed by atoms with Gasteiger partial charge in [0.15, 0.2) is 5.78 Å². The molecule has 3 heteroatoms. The van der Waals surface area contributed by atoms with Crippen LogP contribution in [-0.4, -0.2) is 29.3 Å². The first kappa shape index (κ1) is 11.4. The largest absolute Gasteiger partial charge is 0.361 e. The third-order valence-corrected chi connectivity index (χ3v) is 3.32. The molecule has 0 saturated carbocycles. The zero-order valence-corrected chi connectivity index (χ0v) is 10.6. The first-order valence-corrected chi connectivity index (χ1v) is 5.93. The first-order chi connectivity index (χ1) is 7.50. The fourth-order valence-corrected chi connectivity index (χ4v) is 2.49. The van der Waals surface area contributed by atoms with Crippen molar-refractivity contribution in [2.24, 2.45) is 0 Å². The minimum absolute atomic E-state index is 0.191. The Morgan fingerprint density at radius 2 is 2.12 bits per heavy atom. The lowest BCUT2D eigenvalue weighted by atomic mass is 9.97. The van der Waals surface area contributed by atoms with E-state index in [1.165, 1.54) is 11.3 Å². The monoisotopic (exact) mass is 220 g/mol. The molecule has 1 aliphatic heterocycles. The van der Waals surface area contributed by atoms with Crippen molar-refractivity contribution in [2.75, 3.05) is 13.6 Å². The molecule has 0 radical (unpaired) electrons. The third kappa shape index (κ3) is 1.80. The van der Waals surface area contributed by atoms with E-state index in [9.17, 15) is 4.79 Å². The molecule has 1 aromatic rings. The van der Waals surface area contributed by atoms with Crippen molar-refractivity contribution in [3.63, 3.8) is 0 Å². The predicted molar refractivity (Wildman–Crippen MR) is 64.9 cm³/mol. The summed E-state index contributed by atoms with van der Waals surface area (Å²) in [6.45, 7) is 7.90. The van der Waals surface area contributed by atoms with Crippen molar-refractivity contribution < 1.29 is 4.79 Å². The molecule has 0 bridgehead atoms. The normalized spacial score (nSPS) is 16.6. The lowest BCUT2D eigenvalue weighted by Crippen LogP contribution is -2.26. The second-order valence-corrected chi connectivity index (χ2v) is 5.07. The summed E-state index contributed by atoms with van der Waals surface area (Å²) in [5.41, 5.74) is 4.56. The number of nitrogens with zero attached hydrogens (tertiary/aromatic N) is 1. The Morgan fingerprint density at radius 3 is 2.69 bits per heavy atom. The van der Waals surface area contributed by atoms with Crippen LogP contribution in [0.25, 0.3) is 0 Å². The molecule has 16 heavy (non-hydrogen) atoms. The SMILES string of the molecule is CC(=O)c1c(C(C)C)[nH]c2c1CN(C)CC2. The van der Waals surface area contributed by atoms with E-state index in [4.69, 9.17) is 0 Å². The minimum atomic E-state index is 0.191. The van der Waals surface area contributed by atoms with Crippen LogP contribution >= 0.6 is 0 Å². The maximum Gasteiger partial charge on any atom is 0.161 e. The van der Waals surface area contributed by atoms with E-state index < -0.39 is 0 Å². The van der Waals surface area contributed by atoms with Crippen LogP contribution < -0.4 is 0 Å². The Hall–Kier alpha value is -1.09. The number of Topliss-reactive ketones (excluding diaryl/α,β-unsaturated/α-hetero) is 1. The van der Waals surface area contributed by atoms with Gasteiger partial charge >= 0.3 is 0 Å². The summed E-state index contributed by atoms with van der Waals surface area (Å²) in [7, 11) is 2.11. The molecule has 0 amide bonds. The molecule has 1 N–H and O–H groups in total. The van der Waals surface area contributed by atoms with Gasteiger partial charge in [0.2, 0.25) is 0 Å². The van der Waals surface area contributed by atoms with Crippen LogP contribution in [-0.2, 0) is 13.0 Å². The molecule has 88 valence electrons. The molecular weight excluding hydrogens is 200 g/mol. The molecule has 3 nitrogen and oxygen atoms in total. The number of aromatic amines is 1. The summed E-state index contributed by atoms with van der Waals surface area (Å²) in [5.74, 6) is 0.575. The smallest absolute Gasteiger partial charge is 0.161 e. The second kappa shape index (κ2) is 4.06. The number of hydrogen-bond donors (Lipinski definition) is 1. The molecule has 1 aliphatic rings. The summed E-state index contributed by atoms with van der Waals surface area (Å²) in [6, 6.07) is 0. The first-order valence-electron chi connectivity index (χ1n) is 5.93. The zero-order chi connectivity index (χ0) is 11.9. The molecule has 1 aromatic heterocycles. The molecule has 0 aromatic carbocycles. The molecule has 0 saturated heterocycles. The van der Waals surface area contributed by atoms with Gasteiger partial charge in [-0.2, -0.15) is 0 Å². The van der Waals surface area contributed by atoms with E-state index in [1.54, 1.807) is 6.92 Å². The topological polar surface area (TPSA) is 36.1 Å². The Morgan fingerprint density at radius 1 is 1.44 bits per heavy atom. The Kier molecular flexibility index (Phi) is 2.89. The van der Waals surface area contributed by atoms with E-state index in [2.05, 4.69) is 30.8 Å². The molecular formula is C13H20N2O. The van der Waals surface area contributed by atoms with Gasteiger partial charge in [-0.05, 0) is 25.5 Å². The van der Waals surface area contributed by atoms with Gasteiger partial charge in [0.05, 0.1) is 0 Å². The van der Waals surface area contributed by atoms with Crippen molar-refractivity contribution in [1.29, 1.82) is 0 Å². The predicted octanol–water partition coefficient (Wildman–Crippen LogP) is 2.33. The summed E-state index contributed by atoms with van der Waals surface area (Å²) < 4.78 is 0. The van der Waals surface area contributed by atoms with Crippen LogP contribution in [0.15, 0.2) is 0 Å². The van der Waals surface area contributed by atoms with Gasteiger partial charge in [0.1, 0.15) is 0 Å². The van der Waals surface area contributed by atoms with Crippen LogP contribution in [0.3, 0.4) is 0 Å². The van der Waals surface area contributed by atoms with E-state index in [0.29, 0.717) is 5.92 Å². The van der Waals surface area contributed by atoms with Gasteiger partial charge in [-0.1, -0.05) is 13.8 Å². The summed E-state index contributed by atoms with van der Waals surface area (Å²) in [4.78, 5) is 17.5. The molecule has 2 heterocycles. The highest BCUT2D eigenvalue weighted by atomic mass is 16.1. The summed E-state index contributed by atoms with van der Waals surface area (Å²) >= 11 is 0. The van der Waals surface area contributed by atoms with Gasteiger partial charge in [-0.25, -0.2) is 0 Å². The lowest BCUT2D eigenvalue weighted by Gasteiger charge is -2.22. The van der Waals surface area contributed by atoms with Crippen LogP contribution in [0, 0.1) is 0 Å². The summed E-state index contributed by atoms with van der Waals surface area (Å²) in [6.07, 6.45) is 1.03. The highest BCUT2D eigenvalue weighted by Crippen LogP contribution is 2.29. The van der Waals surface area contributed by atoms with Crippen LogP contribution in [0.4, 0.5) is 0 Å². The number of carbonyl (C=O) groups excluding carboxylic acids is 1. The number of ketones is 1. The second-order valence-electron chi connectivity index (χ2n) is 5.07. The van der Waals surface area contributed by atoms with E-state index in [-0.39, 0.29) is 5.78 Å². The number of aromatic nitrogens is 1. The third-order valence-electron chi connectivity index (χ3n) is 3.32. The number of likely N-dealkylation sites (N-methyl/N-ethyl adjacent to an activating group) is 1. The molecule has 0 unspecified atom stereocenters. The van der Waals surface area contributed by atoms with Gasteiger partial charge in [0, 0.05) is 36.5 Å². The van der Waals surface area contributed by atoms with Crippen LogP contribution in [0.1, 0.15) is 54.0 Å². The van der Waals surface area contributed by atoms with E-state index in [0.717, 1.165) is 30.8 Å². The lowest BCUT2D eigenvalue weighted by molar-refractivity contribution is 0.101. The van der Waals surface area contributed by atoms with E-state index in [1.807, 2.05) is 0 Å². The van der Waals surface area contributed by atoms with Crippen molar-refractivity contribution in [2.45, 2.75) is 39.7 Å². The average Bonchev–Trinajstić information content (AvgIpc) is 2.55. The number of rotatable bonds is 2. The zero-order valence-electron chi connectivity index (χ0n) is 10.6. The number of hydrogen-bond acceptors (Lipinski definition) is 2. The fourth-order valence-electron chi connectivity index (χ4n) is 2.49. The maximum absolute atomic E-state index is 11.8. The van der Waals surface area contributed by atoms with Gasteiger partial charge < -0.3 is 9.88 Å². The molecule has 0 fully saturated rings. The number of H-pyrrole nitrogens is 1. The Labute approximate surface area is 96.8 Å². The van der Waals surface area contributed by atoms with Crippen molar-refractivity contribution in [3.05, 3.63) is 22.5 Å². The van der Waals surface area contributed by atoms with Gasteiger partial charge in [-0.15, -0.1) is 0 Å². The van der Waals surface area contributed by atoms with Crippen LogP contribution in [0.2, 0.25) is 0 Å². The maximum atomic E-state index is 11.8. The van der Waals surface area contributed by atoms with Crippen molar-refractivity contribution in [3.8, 4) is 0 Å². The highest BCUT2D eigenvalue weighted by Gasteiger charge is 2.25. The van der Waals surface area contributed by atoms with Crippen LogP contribution in [0.5, 0.6) is 0 Å². The Balaban J connectivity index is 2.54.